The Bertz CT molecular complexity index is 1460. The summed E-state index contributed by atoms with van der Waals surface area (Å²) < 4.78 is 46.7. The van der Waals surface area contributed by atoms with Crippen molar-refractivity contribution in [1.29, 1.82) is 0 Å². The van der Waals surface area contributed by atoms with Crippen molar-refractivity contribution in [3.63, 3.8) is 0 Å². The molecule has 3 aromatic rings. The minimum atomic E-state index is -4.54. The number of anilines is 1. The zero-order valence-corrected chi connectivity index (χ0v) is 22.9. The summed E-state index contributed by atoms with van der Waals surface area (Å²) in [4.78, 5) is 13.0. The molecular weight excluding hydrogens is 534 g/mol. The number of nitro groups is 1. The highest BCUT2D eigenvalue weighted by atomic mass is 35.5. The first-order chi connectivity index (χ1) is 18.0. The second-order valence-corrected chi connectivity index (χ2v) is 11.0. The quantitative estimate of drug-likeness (QED) is 0.282. The largest absolute Gasteiger partial charge is 0.493 e. The predicted molar refractivity (Wildman–Crippen MR) is 145 cm³/mol. The Kier molecular flexibility index (Phi) is 8.00. The Balaban J connectivity index is 1.84. The van der Waals surface area contributed by atoms with Gasteiger partial charge in [0.1, 0.15) is 11.9 Å². The first-order valence-corrected chi connectivity index (χ1v) is 13.6. The van der Waals surface area contributed by atoms with Crippen LogP contribution in [0.2, 0.25) is 5.02 Å². The molecule has 0 aliphatic carbocycles. The molecule has 1 fully saturated rings. The molecule has 3 aromatic carbocycles. The monoisotopic (exact) mass is 561 g/mol. The molecule has 10 nitrogen and oxygen atoms in total. The lowest BCUT2D eigenvalue weighted by atomic mass is 10.0. The van der Waals surface area contributed by atoms with Crippen molar-refractivity contribution in [3.8, 4) is 28.4 Å². The van der Waals surface area contributed by atoms with Gasteiger partial charge in [0.15, 0.2) is 10.6 Å². The summed E-state index contributed by atoms with van der Waals surface area (Å²) in [5, 5.41) is 12.6. The van der Waals surface area contributed by atoms with Gasteiger partial charge in [-0.15, -0.1) is 0 Å². The van der Waals surface area contributed by atoms with Gasteiger partial charge in [-0.25, -0.2) is 8.42 Å². The standard InChI is InChI=1S/C26H28ClN3O7S/c1-16-5-7-17(8-6-16)20-14-23(35-3)25(36-4)24(30(31)32)26(20)38(33,34)28-18-9-10-21(27)22(13-18)37-19-11-12-29(2)15-19/h5-10,13-14,19,28H,11-12,15H2,1-4H3/t19-/m1/s1. The molecule has 38 heavy (non-hydrogen) atoms. The lowest BCUT2D eigenvalue weighted by Crippen LogP contribution is -2.21. The van der Waals surface area contributed by atoms with Crippen molar-refractivity contribution in [1.82, 2.24) is 4.90 Å². The van der Waals surface area contributed by atoms with Gasteiger partial charge in [0.05, 0.1) is 29.9 Å². The van der Waals surface area contributed by atoms with Crippen molar-refractivity contribution in [3.05, 3.63) is 69.2 Å². The van der Waals surface area contributed by atoms with Crippen molar-refractivity contribution >= 4 is 33.0 Å². The van der Waals surface area contributed by atoms with Gasteiger partial charge in [0.2, 0.25) is 5.75 Å². The van der Waals surface area contributed by atoms with E-state index in [1.54, 1.807) is 24.3 Å². The number of hydrogen-bond acceptors (Lipinski definition) is 8. The van der Waals surface area contributed by atoms with E-state index in [2.05, 4.69) is 9.62 Å². The summed E-state index contributed by atoms with van der Waals surface area (Å²) >= 11 is 6.32. The first-order valence-electron chi connectivity index (χ1n) is 11.7. The highest BCUT2D eigenvalue weighted by molar-refractivity contribution is 7.93. The lowest BCUT2D eigenvalue weighted by molar-refractivity contribution is -0.388. The van der Waals surface area contributed by atoms with Crippen LogP contribution in [0.3, 0.4) is 0 Å². The maximum Gasteiger partial charge on any atom is 0.335 e. The highest BCUT2D eigenvalue weighted by Crippen LogP contribution is 2.47. The number of nitrogens with one attached hydrogen (secondary N) is 1. The molecule has 1 N–H and O–H groups in total. The third kappa shape index (κ3) is 5.64. The van der Waals surface area contributed by atoms with E-state index in [0.29, 0.717) is 22.9 Å². The minimum absolute atomic E-state index is 0.0254. The number of aryl methyl sites for hydroxylation is 1. The van der Waals surface area contributed by atoms with Crippen LogP contribution in [0.4, 0.5) is 11.4 Å². The van der Waals surface area contributed by atoms with E-state index in [4.69, 9.17) is 25.8 Å². The number of nitro benzene ring substituents is 1. The molecule has 0 radical (unpaired) electrons. The summed E-state index contributed by atoms with van der Waals surface area (Å²) in [5.41, 5.74) is 0.865. The number of benzene rings is 3. The van der Waals surface area contributed by atoms with Crippen LogP contribution >= 0.6 is 11.6 Å². The molecule has 0 bridgehead atoms. The Labute approximate surface area is 226 Å². The van der Waals surface area contributed by atoms with E-state index in [-0.39, 0.29) is 28.9 Å². The van der Waals surface area contributed by atoms with Gasteiger partial charge in [0.25, 0.3) is 10.0 Å². The summed E-state index contributed by atoms with van der Waals surface area (Å²) in [5.74, 6) is 0.0318. The van der Waals surface area contributed by atoms with Crippen LogP contribution in [-0.2, 0) is 10.0 Å². The van der Waals surface area contributed by atoms with Crippen LogP contribution in [0.5, 0.6) is 17.2 Å². The molecule has 1 saturated heterocycles. The Morgan fingerprint density at radius 1 is 1.08 bits per heavy atom. The summed E-state index contributed by atoms with van der Waals surface area (Å²) in [6.07, 6.45) is 0.713. The maximum absolute atomic E-state index is 13.8. The van der Waals surface area contributed by atoms with E-state index in [1.807, 2.05) is 14.0 Å². The number of ether oxygens (including phenoxy) is 3. The van der Waals surface area contributed by atoms with Crippen LogP contribution in [0.15, 0.2) is 53.4 Å². The fraction of sp³-hybridized carbons (Fsp3) is 0.308. The molecule has 1 aliphatic heterocycles. The molecule has 1 aliphatic rings. The summed E-state index contributed by atoms with van der Waals surface area (Å²) in [7, 11) is -0.0164. The van der Waals surface area contributed by atoms with Crippen LogP contribution in [-0.4, -0.2) is 58.7 Å². The van der Waals surface area contributed by atoms with Crippen molar-refractivity contribution in [2.75, 3.05) is 39.1 Å². The van der Waals surface area contributed by atoms with Gasteiger partial charge in [-0.05, 0) is 44.2 Å². The zero-order valence-electron chi connectivity index (χ0n) is 21.4. The van der Waals surface area contributed by atoms with Crippen molar-refractivity contribution in [2.45, 2.75) is 24.3 Å². The van der Waals surface area contributed by atoms with Gasteiger partial charge >= 0.3 is 5.69 Å². The summed E-state index contributed by atoms with van der Waals surface area (Å²) in [6.45, 7) is 3.47. The Hall–Kier alpha value is -3.54. The molecule has 0 spiro atoms. The zero-order chi connectivity index (χ0) is 27.6. The average molecular weight is 562 g/mol. The third-order valence-corrected chi connectivity index (χ3v) is 8.00. The first kappa shape index (κ1) is 27.5. The number of sulfonamides is 1. The molecule has 0 amide bonds. The second kappa shape index (κ2) is 11.1. The molecule has 202 valence electrons. The van der Waals surface area contributed by atoms with E-state index in [1.165, 1.54) is 38.5 Å². The summed E-state index contributed by atoms with van der Waals surface area (Å²) in [6, 6.07) is 12.8. The smallest absolute Gasteiger partial charge is 0.335 e. The Morgan fingerprint density at radius 2 is 1.79 bits per heavy atom. The van der Waals surface area contributed by atoms with E-state index < -0.39 is 25.5 Å². The Morgan fingerprint density at radius 3 is 2.37 bits per heavy atom. The van der Waals surface area contributed by atoms with E-state index >= 15 is 0 Å². The number of likely N-dealkylation sites (N-methyl/N-ethyl adjacent to an activating group) is 1. The van der Waals surface area contributed by atoms with E-state index in [9.17, 15) is 18.5 Å². The van der Waals surface area contributed by atoms with Crippen molar-refractivity contribution in [2.24, 2.45) is 0 Å². The number of methoxy groups -OCH3 is 2. The van der Waals surface area contributed by atoms with Crippen LogP contribution in [0.1, 0.15) is 12.0 Å². The lowest BCUT2D eigenvalue weighted by Gasteiger charge is -2.18. The number of rotatable bonds is 9. The molecule has 0 aromatic heterocycles. The molecule has 4 rings (SSSR count). The average Bonchev–Trinajstić information content (AvgIpc) is 3.29. The molecule has 12 heteroatoms. The van der Waals surface area contributed by atoms with Gasteiger partial charge in [0, 0.05) is 24.7 Å². The van der Waals surface area contributed by atoms with Gasteiger partial charge < -0.3 is 19.1 Å². The fourth-order valence-electron chi connectivity index (χ4n) is 4.38. The van der Waals surface area contributed by atoms with E-state index in [0.717, 1.165) is 18.5 Å². The van der Waals surface area contributed by atoms with Gasteiger partial charge in [-0.1, -0.05) is 41.4 Å². The maximum atomic E-state index is 13.8. The van der Waals surface area contributed by atoms with Gasteiger partial charge in [-0.2, -0.15) is 0 Å². The number of halogens is 1. The molecule has 0 unspecified atom stereocenters. The fourth-order valence-corrected chi connectivity index (χ4v) is 5.97. The van der Waals surface area contributed by atoms with Crippen LogP contribution < -0.4 is 18.9 Å². The van der Waals surface area contributed by atoms with Crippen LogP contribution in [0, 0.1) is 17.0 Å². The molecule has 1 heterocycles. The van der Waals surface area contributed by atoms with Gasteiger partial charge in [-0.3, -0.25) is 14.8 Å². The highest BCUT2D eigenvalue weighted by Gasteiger charge is 2.37. The molecule has 0 saturated carbocycles. The number of nitrogens with zero attached hydrogens (tertiary/aromatic N) is 2. The molecular formula is C26H28ClN3O7S. The number of likely N-dealkylation sites (tertiary alicyclic amines) is 1. The topological polar surface area (TPSA) is 120 Å². The van der Waals surface area contributed by atoms with Crippen LogP contribution in [0.25, 0.3) is 11.1 Å². The molecule has 1 atom stereocenters. The SMILES string of the molecule is COc1cc(-c2ccc(C)cc2)c(S(=O)(=O)Nc2ccc(Cl)c(O[C@@H]3CCN(C)C3)c2)c([N+](=O)[O-])c1OC. The number of hydrogen-bond donors (Lipinski definition) is 1. The minimum Gasteiger partial charge on any atom is -0.493 e. The predicted octanol–water partition coefficient (Wildman–Crippen LogP) is 5.12. The normalized spacial score (nSPS) is 15.8. The third-order valence-electron chi connectivity index (χ3n) is 6.24. The second-order valence-electron chi connectivity index (χ2n) is 9.00. The van der Waals surface area contributed by atoms with Crippen molar-refractivity contribution < 1.29 is 27.6 Å².